The highest BCUT2D eigenvalue weighted by molar-refractivity contribution is 7.91. The lowest BCUT2D eigenvalue weighted by Gasteiger charge is -2.18. The van der Waals surface area contributed by atoms with Crippen LogP contribution in [0.25, 0.3) is 0 Å². The summed E-state index contributed by atoms with van der Waals surface area (Å²) in [5, 5.41) is 14.6. The zero-order valence-corrected chi connectivity index (χ0v) is 19.3. The second kappa shape index (κ2) is 11.3. The van der Waals surface area contributed by atoms with Crippen molar-refractivity contribution in [3.05, 3.63) is 59.4 Å². The second-order valence-electron chi connectivity index (χ2n) is 7.08. The van der Waals surface area contributed by atoms with Crippen LogP contribution in [-0.4, -0.2) is 43.0 Å². The van der Waals surface area contributed by atoms with Crippen LogP contribution in [-0.2, 0) is 14.6 Å². The lowest BCUT2D eigenvalue weighted by atomic mass is 10.2. The van der Waals surface area contributed by atoms with E-state index in [2.05, 4.69) is 15.6 Å². The Balaban J connectivity index is 0.000000604. The number of allylic oxidation sites excluding steroid dienone is 1. The van der Waals surface area contributed by atoms with E-state index < -0.39 is 44.2 Å². The number of nitrogens with one attached hydrogen (secondary N) is 2. The Kier molecular flexibility index (Phi) is 9.05. The van der Waals surface area contributed by atoms with Crippen LogP contribution in [0.5, 0.6) is 5.75 Å². The molecule has 1 heterocycles. The van der Waals surface area contributed by atoms with Gasteiger partial charge in [-0.05, 0) is 44.0 Å². The van der Waals surface area contributed by atoms with Crippen molar-refractivity contribution in [1.82, 2.24) is 10.3 Å². The van der Waals surface area contributed by atoms with Crippen molar-refractivity contribution in [2.24, 2.45) is 0 Å². The standard InChI is InChI=1S/C19H20ClN3O4S.C2HF3O/c1-12(15-8-4-5-11-21-15)28(26,27)18-14(20)9-10-16(17(18)24)23-19(25)22-13-6-2-3-7-13;3-2(4,5)1-6/h2,4-6,8-13,24H,3,7H2,1H3,(H2,22,23,25);1H. The first-order valence-corrected chi connectivity index (χ1v) is 11.7. The number of aromatic hydroxyl groups is 1. The van der Waals surface area contributed by atoms with Gasteiger partial charge in [0.1, 0.15) is 10.1 Å². The number of phenolic OH excluding ortho intramolecular Hbond substituents is 1. The molecule has 0 saturated heterocycles. The van der Waals surface area contributed by atoms with E-state index in [1.807, 2.05) is 12.2 Å². The Morgan fingerprint density at radius 2 is 1.97 bits per heavy atom. The van der Waals surface area contributed by atoms with Crippen LogP contribution >= 0.6 is 11.6 Å². The Bertz CT molecular complexity index is 1160. The third kappa shape index (κ3) is 7.19. The number of halogens is 4. The predicted octanol–water partition coefficient (Wildman–Crippen LogP) is 4.56. The number of alkyl halides is 3. The van der Waals surface area contributed by atoms with Gasteiger partial charge in [-0.15, -0.1) is 0 Å². The van der Waals surface area contributed by atoms with E-state index in [0.717, 1.165) is 12.8 Å². The quantitative estimate of drug-likeness (QED) is 0.302. The number of urea groups is 1. The Morgan fingerprint density at radius 3 is 2.50 bits per heavy atom. The molecular weight excluding hydrogens is 499 g/mol. The van der Waals surface area contributed by atoms with Gasteiger partial charge in [0.2, 0.25) is 6.29 Å². The highest BCUT2D eigenvalue weighted by Gasteiger charge is 2.32. The summed E-state index contributed by atoms with van der Waals surface area (Å²) in [6.45, 7) is 1.46. The van der Waals surface area contributed by atoms with Crippen molar-refractivity contribution in [2.75, 3.05) is 5.32 Å². The molecule has 0 radical (unpaired) electrons. The van der Waals surface area contributed by atoms with Crippen LogP contribution in [0.3, 0.4) is 0 Å². The molecule has 0 spiro atoms. The molecule has 0 fully saturated rings. The van der Waals surface area contributed by atoms with E-state index >= 15 is 0 Å². The topological polar surface area (TPSA) is 125 Å². The molecule has 2 atom stereocenters. The summed E-state index contributed by atoms with van der Waals surface area (Å²) in [5.41, 5.74) is 0.276. The summed E-state index contributed by atoms with van der Waals surface area (Å²) in [4.78, 5) is 24.5. The minimum atomic E-state index is -4.64. The van der Waals surface area contributed by atoms with Crippen molar-refractivity contribution >= 4 is 39.4 Å². The minimum absolute atomic E-state index is 0.0457. The maximum absolute atomic E-state index is 13.1. The van der Waals surface area contributed by atoms with Crippen LogP contribution < -0.4 is 10.6 Å². The van der Waals surface area contributed by atoms with Crippen molar-refractivity contribution in [3.8, 4) is 5.75 Å². The number of hydrogen-bond acceptors (Lipinski definition) is 6. The van der Waals surface area contributed by atoms with E-state index in [1.54, 1.807) is 18.2 Å². The molecule has 1 aromatic heterocycles. The van der Waals surface area contributed by atoms with Crippen molar-refractivity contribution in [1.29, 1.82) is 0 Å². The Labute approximate surface area is 198 Å². The van der Waals surface area contributed by atoms with Crippen LogP contribution in [0.4, 0.5) is 23.7 Å². The molecule has 1 aliphatic rings. The molecule has 0 bridgehead atoms. The van der Waals surface area contributed by atoms with Gasteiger partial charge in [-0.3, -0.25) is 9.78 Å². The summed E-state index contributed by atoms with van der Waals surface area (Å²) >= 11 is 6.09. The van der Waals surface area contributed by atoms with Gasteiger partial charge in [0.05, 0.1) is 16.4 Å². The molecule has 8 nitrogen and oxygen atoms in total. The number of aldehydes is 1. The number of amides is 2. The number of phenols is 1. The number of pyridine rings is 1. The number of rotatable bonds is 5. The summed E-state index contributed by atoms with van der Waals surface area (Å²) in [6.07, 6.45) is 1.31. The summed E-state index contributed by atoms with van der Waals surface area (Å²) in [7, 11) is -4.06. The first-order valence-electron chi connectivity index (χ1n) is 9.80. The number of aromatic nitrogens is 1. The molecule has 2 amide bonds. The molecule has 3 rings (SSSR count). The number of nitrogens with zero attached hydrogens (tertiary/aromatic N) is 1. The van der Waals surface area contributed by atoms with Gasteiger partial charge in [-0.25, -0.2) is 13.2 Å². The van der Waals surface area contributed by atoms with Gasteiger partial charge < -0.3 is 15.7 Å². The third-order valence-electron chi connectivity index (χ3n) is 4.65. The second-order valence-corrected chi connectivity index (χ2v) is 9.70. The van der Waals surface area contributed by atoms with Gasteiger partial charge in [0.25, 0.3) is 0 Å². The molecule has 0 saturated carbocycles. The lowest BCUT2D eigenvalue weighted by molar-refractivity contribution is -0.156. The van der Waals surface area contributed by atoms with E-state index in [1.165, 1.54) is 25.3 Å². The van der Waals surface area contributed by atoms with Crippen LogP contribution in [0.2, 0.25) is 5.02 Å². The maximum atomic E-state index is 13.1. The zero-order chi connectivity index (χ0) is 25.5. The highest BCUT2D eigenvalue weighted by atomic mass is 35.5. The molecule has 3 N–H and O–H groups in total. The first kappa shape index (κ1) is 27.1. The van der Waals surface area contributed by atoms with Crippen LogP contribution in [0.15, 0.2) is 53.6 Å². The third-order valence-corrected chi connectivity index (χ3v) is 7.23. The molecule has 13 heteroatoms. The lowest BCUT2D eigenvalue weighted by Crippen LogP contribution is -2.35. The number of benzene rings is 1. The molecule has 184 valence electrons. The normalized spacial score (nSPS) is 16.2. The minimum Gasteiger partial charge on any atom is -0.504 e. The van der Waals surface area contributed by atoms with E-state index in [4.69, 9.17) is 16.4 Å². The molecule has 1 aromatic carbocycles. The average molecular weight is 520 g/mol. The average Bonchev–Trinajstić information content (AvgIpc) is 3.28. The smallest absolute Gasteiger partial charge is 0.446 e. The fourth-order valence-corrected chi connectivity index (χ4v) is 4.96. The van der Waals surface area contributed by atoms with Gasteiger partial charge in [-0.1, -0.05) is 29.8 Å². The van der Waals surface area contributed by atoms with E-state index in [-0.39, 0.29) is 16.8 Å². The number of sulfone groups is 1. The molecule has 34 heavy (non-hydrogen) atoms. The molecule has 2 unspecified atom stereocenters. The fraction of sp³-hybridized carbons (Fsp3) is 0.286. The van der Waals surface area contributed by atoms with Crippen LogP contribution in [0.1, 0.15) is 30.7 Å². The fourth-order valence-electron chi connectivity index (χ4n) is 2.95. The molecule has 2 aromatic rings. The first-order chi connectivity index (χ1) is 15.9. The monoisotopic (exact) mass is 519 g/mol. The van der Waals surface area contributed by atoms with Crippen molar-refractivity contribution in [2.45, 2.75) is 42.1 Å². The number of anilines is 1. The van der Waals surface area contributed by atoms with Crippen LogP contribution in [0, 0.1) is 0 Å². The van der Waals surface area contributed by atoms with Gasteiger partial charge in [0, 0.05) is 12.2 Å². The van der Waals surface area contributed by atoms with E-state index in [9.17, 15) is 31.5 Å². The van der Waals surface area contributed by atoms with Crippen molar-refractivity contribution < 1.29 is 36.3 Å². The summed E-state index contributed by atoms with van der Waals surface area (Å²) in [5.74, 6) is -0.604. The molecule has 0 aliphatic heterocycles. The Hall–Kier alpha value is -3.12. The summed E-state index contributed by atoms with van der Waals surface area (Å²) < 4.78 is 57.4. The number of hydrogen-bond donors (Lipinski definition) is 3. The van der Waals surface area contributed by atoms with Gasteiger partial charge >= 0.3 is 12.2 Å². The van der Waals surface area contributed by atoms with Crippen molar-refractivity contribution in [3.63, 3.8) is 0 Å². The van der Waals surface area contributed by atoms with E-state index in [0.29, 0.717) is 5.69 Å². The highest BCUT2D eigenvalue weighted by Crippen LogP contribution is 2.41. The van der Waals surface area contributed by atoms with Gasteiger partial charge in [-0.2, -0.15) is 13.2 Å². The zero-order valence-electron chi connectivity index (χ0n) is 17.7. The SMILES string of the molecule is CC(c1ccccn1)S(=O)(=O)c1c(Cl)ccc(NC(=O)NC2C=CCC2)c1O.O=CC(F)(F)F. The molecule has 1 aliphatic carbocycles. The number of carbonyl (C=O) groups excluding carboxylic acids is 2. The largest absolute Gasteiger partial charge is 0.504 e. The maximum Gasteiger partial charge on any atom is 0.446 e. The molecular formula is C21H21ClF3N3O5S. The Morgan fingerprint density at radius 1 is 1.29 bits per heavy atom. The predicted molar refractivity (Wildman–Crippen MR) is 119 cm³/mol. The summed E-state index contributed by atoms with van der Waals surface area (Å²) in [6, 6.07) is 6.97. The number of carbonyl (C=O) groups is 2. The van der Waals surface area contributed by atoms with Gasteiger partial charge in [0.15, 0.2) is 15.6 Å².